The average Bonchev–Trinajstić information content (AvgIpc) is 3.41. The van der Waals surface area contributed by atoms with Gasteiger partial charge in [0.05, 0.1) is 38.6 Å². The van der Waals surface area contributed by atoms with E-state index in [1.165, 1.54) is 64.2 Å². The highest BCUT2D eigenvalue weighted by molar-refractivity contribution is 5.76. The highest BCUT2D eigenvalue weighted by Gasteiger charge is 2.53. The van der Waals surface area contributed by atoms with Gasteiger partial charge in [0.2, 0.25) is 5.91 Å². The average molecular weight is 1090 g/mol. The van der Waals surface area contributed by atoms with Gasteiger partial charge in [-0.2, -0.15) is 0 Å². The minimum Gasteiger partial charge on any atom is -0.394 e. The molecule has 0 spiro atoms. The van der Waals surface area contributed by atoms with Crippen LogP contribution in [0.2, 0.25) is 0 Å². The normalized spacial score (nSPS) is 31.3. The first-order valence-corrected chi connectivity index (χ1v) is 28.9. The zero-order valence-electron chi connectivity index (χ0n) is 45.7. The summed E-state index contributed by atoms with van der Waals surface area (Å²) in [5, 5.41) is 120. The number of aliphatic hydroxyl groups excluding tert-OH is 11. The second-order valence-corrected chi connectivity index (χ2v) is 20.7. The molecule has 3 fully saturated rings. The quantitative estimate of drug-likeness (QED) is 0.0300. The molecule has 19 heteroatoms. The van der Waals surface area contributed by atoms with Crippen molar-refractivity contribution >= 4 is 5.91 Å². The SMILES string of the molecule is CC/C=C\C/C=C\C/C=C\C/C=C\CCCCCCC(=O)NC(COC1OC(CO)C(OC2OC(CO)C(OC3OC(CO)C(O)C(O)C3O)C(O)C2O)C(O)C1O)C(O)CCCCCCCCCCCCCCCC. The first-order chi connectivity index (χ1) is 36.8. The third-order valence-corrected chi connectivity index (χ3v) is 14.4. The van der Waals surface area contributed by atoms with Gasteiger partial charge in [-0.1, -0.05) is 165 Å². The van der Waals surface area contributed by atoms with Gasteiger partial charge in [0.15, 0.2) is 18.9 Å². The molecule has 17 unspecified atom stereocenters. The number of rotatable bonds is 41. The van der Waals surface area contributed by atoms with Gasteiger partial charge in [-0.05, 0) is 51.4 Å². The predicted octanol–water partition coefficient (Wildman–Crippen LogP) is 4.31. The smallest absolute Gasteiger partial charge is 0.220 e. The summed E-state index contributed by atoms with van der Waals surface area (Å²) in [6.45, 7) is 1.63. The first-order valence-electron chi connectivity index (χ1n) is 28.9. The van der Waals surface area contributed by atoms with Crippen molar-refractivity contribution in [1.29, 1.82) is 0 Å². The second-order valence-electron chi connectivity index (χ2n) is 20.7. The minimum atomic E-state index is -1.97. The molecule has 0 aliphatic carbocycles. The number of ether oxygens (including phenoxy) is 6. The minimum absolute atomic E-state index is 0.237. The highest BCUT2D eigenvalue weighted by Crippen LogP contribution is 2.33. The number of unbranched alkanes of at least 4 members (excludes halogenated alkanes) is 17. The molecular formula is C57H101NO18. The third-order valence-electron chi connectivity index (χ3n) is 14.4. The zero-order valence-corrected chi connectivity index (χ0v) is 45.7. The second kappa shape index (κ2) is 40.9. The fourth-order valence-electron chi connectivity index (χ4n) is 9.66. The van der Waals surface area contributed by atoms with Gasteiger partial charge in [-0.3, -0.25) is 4.79 Å². The van der Waals surface area contributed by atoms with Crippen molar-refractivity contribution in [2.24, 2.45) is 0 Å². The van der Waals surface area contributed by atoms with E-state index in [1.807, 2.05) is 0 Å². The summed E-state index contributed by atoms with van der Waals surface area (Å²) in [7, 11) is 0. The van der Waals surface area contributed by atoms with Gasteiger partial charge in [0.1, 0.15) is 73.2 Å². The van der Waals surface area contributed by atoms with Crippen molar-refractivity contribution in [2.75, 3.05) is 26.4 Å². The van der Waals surface area contributed by atoms with Crippen molar-refractivity contribution < 1.29 is 89.4 Å². The highest BCUT2D eigenvalue weighted by atomic mass is 16.8. The number of hydrogen-bond donors (Lipinski definition) is 12. The molecule has 0 bridgehead atoms. The van der Waals surface area contributed by atoms with Crippen LogP contribution >= 0.6 is 0 Å². The molecule has 3 saturated heterocycles. The van der Waals surface area contributed by atoms with Crippen molar-refractivity contribution in [3.8, 4) is 0 Å². The van der Waals surface area contributed by atoms with Crippen LogP contribution in [0.1, 0.15) is 174 Å². The van der Waals surface area contributed by atoms with Gasteiger partial charge >= 0.3 is 0 Å². The van der Waals surface area contributed by atoms with Crippen LogP contribution in [0, 0.1) is 0 Å². The Bertz CT molecular complexity index is 1580. The van der Waals surface area contributed by atoms with E-state index in [9.17, 15) is 61.0 Å². The molecule has 3 rings (SSSR count). The van der Waals surface area contributed by atoms with Crippen molar-refractivity contribution in [3.05, 3.63) is 48.6 Å². The van der Waals surface area contributed by atoms with Crippen molar-refractivity contribution in [3.63, 3.8) is 0 Å². The summed E-state index contributed by atoms with van der Waals surface area (Å²) in [5.74, 6) is -0.269. The number of amides is 1. The maximum Gasteiger partial charge on any atom is 0.220 e. The number of nitrogens with one attached hydrogen (secondary N) is 1. The molecule has 0 aromatic carbocycles. The van der Waals surface area contributed by atoms with Crippen molar-refractivity contribution in [1.82, 2.24) is 5.32 Å². The Labute approximate surface area is 453 Å². The molecule has 0 aromatic heterocycles. The first kappa shape index (κ1) is 68.0. The molecule has 3 aliphatic rings. The molecule has 3 aliphatic heterocycles. The van der Waals surface area contributed by atoms with E-state index in [2.05, 4.69) is 67.8 Å². The van der Waals surface area contributed by atoms with E-state index in [-0.39, 0.29) is 18.9 Å². The van der Waals surface area contributed by atoms with Gasteiger partial charge in [0.25, 0.3) is 0 Å². The Hall–Kier alpha value is -2.25. The van der Waals surface area contributed by atoms with Crippen LogP contribution < -0.4 is 5.32 Å². The summed E-state index contributed by atoms with van der Waals surface area (Å²) in [6.07, 6.45) is 16.2. The zero-order chi connectivity index (χ0) is 55.5. The third kappa shape index (κ3) is 25.0. The fraction of sp³-hybridized carbons (Fsp3) is 0.842. The molecule has 0 saturated carbocycles. The maximum absolute atomic E-state index is 13.3. The lowest BCUT2D eigenvalue weighted by Gasteiger charge is -2.48. The molecule has 0 radical (unpaired) electrons. The number of carbonyl (C=O) groups is 1. The topological polar surface area (TPSA) is 307 Å². The van der Waals surface area contributed by atoms with Crippen LogP contribution in [0.3, 0.4) is 0 Å². The number of allylic oxidation sites excluding steroid dienone is 8. The summed E-state index contributed by atoms with van der Waals surface area (Å²) >= 11 is 0. The van der Waals surface area contributed by atoms with E-state index in [0.29, 0.717) is 12.8 Å². The van der Waals surface area contributed by atoms with E-state index in [4.69, 9.17) is 28.4 Å². The van der Waals surface area contributed by atoms with Crippen LogP contribution in [0.4, 0.5) is 0 Å². The maximum atomic E-state index is 13.3. The number of carbonyl (C=O) groups excluding carboxylic acids is 1. The van der Waals surface area contributed by atoms with Gasteiger partial charge < -0.3 is 89.9 Å². The van der Waals surface area contributed by atoms with Gasteiger partial charge in [-0.15, -0.1) is 0 Å². The standard InChI is InChI=1S/C57H101NO18/c1-3-5-7-9-11-13-15-17-19-20-21-23-25-27-29-31-33-35-45(63)58-40(41(62)34-32-30-28-26-24-22-18-16-14-12-10-8-6-4-2)39-71-55-51(69)48(66)53(43(37-60)73-55)76-57-52(70)49(67)54(44(38-61)74-57)75-56-50(68)47(65)46(64)42(36-59)72-56/h5,7,11,13,17,19,21,23,40-44,46-57,59-62,64-70H,3-4,6,8-10,12,14-16,18,20,22,24-39H2,1-2H3,(H,58,63)/b7-5-,13-11-,19-17-,23-21-. The van der Waals surface area contributed by atoms with Crippen LogP contribution in [0.15, 0.2) is 48.6 Å². The Morgan fingerprint density at radius 3 is 1.42 bits per heavy atom. The molecule has 17 atom stereocenters. The van der Waals surface area contributed by atoms with E-state index in [1.54, 1.807) is 0 Å². The van der Waals surface area contributed by atoms with Crippen LogP contribution in [0.25, 0.3) is 0 Å². The summed E-state index contributed by atoms with van der Waals surface area (Å²) in [5.41, 5.74) is 0. The predicted molar refractivity (Wildman–Crippen MR) is 286 cm³/mol. The molecular weight excluding hydrogens is 987 g/mol. The summed E-state index contributed by atoms with van der Waals surface area (Å²) in [6, 6.07) is -0.900. The number of aliphatic hydroxyl groups is 11. The largest absolute Gasteiger partial charge is 0.394 e. The van der Waals surface area contributed by atoms with Crippen LogP contribution in [-0.4, -0.2) is 193 Å². The van der Waals surface area contributed by atoms with Crippen LogP contribution in [-0.2, 0) is 33.2 Å². The van der Waals surface area contributed by atoms with E-state index in [0.717, 1.165) is 77.0 Å². The Balaban J connectivity index is 1.52. The lowest BCUT2D eigenvalue weighted by atomic mass is 9.96. The van der Waals surface area contributed by atoms with Gasteiger partial charge in [-0.25, -0.2) is 0 Å². The molecule has 442 valence electrons. The Kier molecular flexibility index (Phi) is 36.6. The van der Waals surface area contributed by atoms with Crippen LogP contribution in [0.5, 0.6) is 0 Å². The summed E-state index contributed by atoms with van der Waals surface area (Å²) < 4.78 is 34.2. The summed E-state index contributed by atoms with van der Waals surface area (Å²) in [4.78, 5) is 13.3. The number of hydrogen-bond acceptors (Lipinski definition) is 18. The van der Waals surface area contributed by atoms with Gasteiger partial charge in [0, 0.05) is 6.42 Å². The molecule has 19 nitrogen and oxygen atoms in total. The molecule has 1 amide bonds. The molecule has 0 aromatic rings. The lowest BCUT2D eigenvalue weighted by Crippen LogP contribution is -2.66. The Morgan fingerprint density at radius 2 is 0.908 bits per heavy atom. The molecule has 12 N–H and O–H groups in total. The molecule has 76 heavy (non-hydrogen) atoms. The lowest BCUT2D eigenvalue weighted by molar-refractivity contribution is -0.379. The monoisotopic (exact) mass is 1090 g/mol. The van der Waals surface area contributed by atoms with E-state index < -0.39 is 124 Å². The fourth-order valence-corrected chi connectivity index (χ4v) is 9.66. The molecule has 3 heterocycles. The van der Waals surface area contributed by atoms with Crippen molar-refractivity contribution in [2.45, 2.75) is 279 Å². The Morgan fingerprint density at radius 1 is 0.487 bits per heavy atom. The van der Waals surface area contributed by atoms with E-state index >= 15 is 0 Å².